The van der Waals surface area contributed by atoms with Crippen LogP contribution in [0.5, 0.6) is 0 Å². The molecule has 0 radical (unpaired) electrons. The molecule has 2 heterocycles. The molecule has 0 atom stereocenters. The average Bonchev–Trinajstić information content (AvgIpc) is 2.85. The van der Waals surface area contributed by atoms with E-state index in [2.05, 4.69) is 9.97 Å². The van der Waals surface area contributed by atoms with E-state index in [1.165, 1.54) is 15.5 Å². The third-order valence-electron chi connectivity index (χ3n) is 2.87. The van der Waals surface area contributed by atoms with Crippen molar-refractivity contribution >= 4 is 17.5 Å². The maximum Gasteiger partial charge on any atom is 0.332 e. The zero-order valence-electron chi connectivity index (χ0n) is 10.0. The number of carbonyl (C=O) groups excluding carboxylic acids is 1. The lowest BCUT2D eigenvalue weighted by atomic mass is 10.2. The molecule has 1 N–H and O–H groups in total. The van der Waals surface area contributed by atoms with Crippen LogP contribution in [0, 0.1) is 0 Å². The number of unbranched alkanes of at least 4 members (excludes halogenated alkanes) is 2. The molecular formula is C11H14N4O3. The van der Waals surface area contributed by atoms with Crippen LogP contribution in [-0.2, 0) is 18.4 Å². The first-order valence-electron chi connectivity index (χ1n) is 5.73. The Morgan fingerprint density at radius 3 is 2.89 bits per heavy atom. The van der Waals surface area contributed by atoms with Gasteiger partial charge in [-0.05, 0) is 12.8 Å². The number of rotatable bonds is 5. The fourth-order valence-electron chi connectivity index (χ4n) is 1.89. The summed E-state index contributed by atoms with van der Waals surface area (Å²) in [6, 6.07) is 0. The van der Waals surface area contributed by atoms with Gasteiger partial charge in [-0.25, -0.2) is 9.78 Å². The molecule has 2 aromatic heterocycles. The van der Waals surface area contributed by atoms with Crippen molar-refractivity contribution in [2.45, 2.75) is 25.8 Å². The molecule has 0 aliphatic carbocycles. The number of aromatic nitrogens is 4. The molecule has 0 saturated carbocycles. The van der Waals surface area contributed by atoms with E-state index in [1.807, 2.05) is 0 Å². The van der Waals surface area contributed by atoms with Crippen LogP contribution < -0.4 is 11.2 Å². The largest absolute Gasteiger partial charge is 0.339 e. The lowest BCUT2D eigenvalue weighted by Crippen LogP contribution is -2.39. The zero-order valence-corrected chi connectivity index (χ0v) is 10.0. The number of aldehydes is 1. The zero-order chi connectivity index (χ0) is 13.1. The Hall–Kier alpha value is -2.18. The van der Waals surface area contributed by atoms with Crippen molar-refractivity contribution < 1.29 is 4.79 Å². The van der Waals surface area contributed by atoms with E-state index in [9.17, 15) is 14.4 Å². The smallest absolute Gasteiger partial charge is 0.332 e. The predicted molar refractivity (Wildman–Crippen MR) is 65.5 cm³/mol. The molecule has 0 aliphatic heterocycles. The van der Waals surface area contributed by atoms with E-state index < -0.39 is 0 Å². The number of H-pyrrole nitrogens is 1. The van der Waals surface area contributed by atoms with Crippen LogP contribution in [0.25, 0.3) is 11.2 Å². The number of aryl methyl sites for hydroxylation is 1. The van der Waals surface area contributed by atoms with Gasteiger partial charge in [-0.15, -0.1) is 0 Å². The molecule has 0 spiro atoms. The van der Waals surface area contributed by atoms with Gasteiger partial charge in [-0.1, -0.05) is 0 Å². The molecular weight excluding hydrogens is 236 g/mol. The first-order valence-corrected chi connectivity index (χ1v) is 5.73. The second-order valence-electron chi connectivity index (χ2n) is 4.06. The number of aromatic amines is 1. The van der Waals surface area contributed by atoms with Crippen LogP contribution in [0.15, 0.2) is 15.9 Å². The van der Waals surface area contributed by atoms with Crippen LogP contribution in [0.1, 0.15) is 19.3 Å². The normalized spacial score (nSPS) is 10.9. The van der Waals surface area contributed by atoms with Crippen LogP contribution in [0.2, 0.25) is 0 Å². The Bertz CT molecular complexity index is 680. The number of imidazole rings is 1. The standard InChI is InChI=1S/C11H14N4O3/c1-14-9-8(12-7-13-9)10(17)15(11(14)18)5-3-2-4-6-16/h6-7H,2-5H2,1H3,(H,12,13). The Labute approximate surface area is 102 Å². The molecule has 96 valence electrons. The number of carbonyl (C=O) groups is 1. The molecule has 0 aromatic carbocycles. The van der Waals surface area contributed by atoms with Crippen LogP contribution in [0.3, 0.4) is 0 Å². The molecule has 18 heavy (non-hydrogen) atoms. The highest BCUT2D eigenvalue weighted by Gasteiger charge is 2.12. The minimum Gasteiger partial charge on any atom is -0.339 e. The van der Waals surface area contributed by atoms with Gasteiger partial charge in [-0.3, -0.25) is 13.9 Å². The van der Waals surface area contributed by atoms with E-state index in [1.54, 1.807) is 7.05 Å². The summed E-state index contributed by atoms with van der Waals surface area (Å²) in [5, 5.41) is 0. The Kier molecular flexibility index (Phi) is 3.40. The van der Waals surface area contributed by atoms with E-state index in [0.29, 0.717) is 37.0 Å². The van der Waals surface area contributed by atoms with Gasteiger partial charge >= 0.3 is 5.69 Å². The maximum atomic E-state index is 12.0. The van der Waals surface area contributed by atoms with Crippen molar-refractivity contribution in [2.24, 2.45) is 7.05 Å². The second-order valence-corrected chi connectivity index (χ2v) is 4.06. The SMILES string of the molecule is Cn1c(=O)n(CCCCC=O)c(=O)c2[nH]cnc21. The minimum atomic E-state index is -0.384. The Balaban J connectivity index is 2.41. The van der Waals surface area contributed by atoms with Gasteiger partial charge < -0.3 is 9.78 Å². The highest BCUT2D eigenvalue weighted by molar-refractivity contribution is 5.68. The van der Waals surface area contributed by atoms with Gasteiger partial charge in [0.15, 0.2) is 5.65 Å². The van der Waals surface area contributed by atoms with Crippen LogP contribution in [0.4, 0.5) is 0 Å². The topological polar surface area (TPSA) is 89.8 Å². The molecule has 0 bridgehead atoms. The molecule has 7 heteroatoms. The third-order valence-corrected chi connectivity index (χ3v) is 2.87. The van der Waals surface area contributed by atoms with Crippen molar-refractivity contribution in [2.75, 3.05) is 0 Å². The quantitative estimate of drug-likeness (QED) is 0.587. The van der Waals surface area contributed by atoms with Crippen molar-refractivity contribution in [1.82, 2.24) is 19.1 Å². The number of nitrogens with one attached hydrogen (secondary N) is 1. The van der Waals surface area contributed by atoms with E-state index in [4.69, 9.17) is 0 Å². The monoisotopic (exact) mass is 250 g/mol. The molecule has 7 nitrogen and oxygen atoms in total. The summed E-state index contributed by atoms with van der Waals surface area (Å²) in [4.78, 5) is 40.9. The lowest BCUT2D eigenvalue weighted by molar-refractivity contribution is -0.107. The fourth-order valence-corrected chi connectivity index (χ4v) is 1.89. The number of fused-ring (bicyclic) bond motifs is 1. The number of hydrogen-bond donors (Lipinski definition) is 1. The number of nitrogens with zero attached hydrogens (tertiary/aromatic N) is 3. The van der Waals surface area contributed by atoms with Crippen molar-refractivity contribution in [3.05, 3.63) is 27.2 Å². The second kappa shape index (κ2) is 4.99. The fraction of sp³-hybridized carbons (Fsp3) is 0.455. The van der Waals surface area contributed by atoms with Gasteiger partial charge in [-0.2, -0.15) is 0 Å². The maximum absolute atomic E-state index is 12.0. The minimum absolute atomic E-state index is 0.314. The lowest BCUT2D eigenvalue weighted by Gasteiger charge is -2.06. The summed E-state index contributed by atoms with van der Waals surface area (Å²) in [6.45, 7) is 0.314. The van der Waals surface area contributed by atoms with Gasteiger partial charge in [0.25, 0.3) is 5.56 Å². The summed E-state index contributed by atoms with van der Waals surface area (Å²) in [7, 11) is 1.58. The van der Waals surface area contributed by atoms with E-state index in [0.717, 1.165) is 6.29 Å². The van der Waals surface area contributed by atoms with Crippen molar-refractivity contribution in [3.63, 3.8) is 0 Å². The van der Waals surface area contributed by atoms with E-state index in [-0.39, 0.29) is 11.2 Å². The summed E-state index contributed by atoms with van der Waals surface area (Å²) in [6.07, 6.45) is 3.95. The van der Waals surface area contributed by atoms with Gasteiger partial charge in [0.05, 0.1) is 6.33 Å². The first kappa shape index (κ1) is 12.3. The molecule has 0 amide bonds. The first-order chi connectivity index (χ1) is 8.66. The highest BCUT2D eigenvalue weighted by atomic mass is 16.2. The van der Waals surface area contributed by atoms with Gasteiger partial charge in [0.1, 0.15) is 11.8 Å². The average molecular weight is 250 g/mol. The van der Waals surface area contributed by atoms with Gasteiger partial charge in [0.2, 0.25) is 0 Å². The van der Waals surface area contributed by atoms with Crippen LogP contribution in [-0.4, -0.2) is 25.4 Å². The Morgan fingerprint density at radius 2 is 2.17 bits per heavy atom. The van der Waals surface area contributed by atoms with Crippen LogP contribution >= 0.6 is 0 Å². The third kappa shape index (κ3) is 1.99. The summed E-state index contributed by atoms with van der Waals surface area (Å²) in [5.74, 6) is 0. The van der Waals surface area contributed by atoms with Crippen molar-refractivity contribution in [1.29, 1.82) is 0 Å². The summed E-state index contributed by atoms with van der Waals surface area (Å²) < 4.78 is 2.51. The van der Waals surface area contributed by atoms with Gasteiger partial charge in [0, 0.05) is 20.0 Å². The predicted octanol–water partition coefficient (Wildman–Crippen LogP) is -0.208. The Morgan fingerprint density at radius 1 is 1.39 bits per heavy atom. The molecule has 2 aromatic rings. The summed E-state index contributed by atoms with van der Waals surface area (Å²) in [5.41, 5.74) is -0.0657. The number of hydrogen-bond acceptors (Lipinski definition) is 4. The molecule has 0 aliphatic rings. The van der Waals surface area contributed by atoms with E-state index >= 15 is 0 Å². The molecule has 0 fully saturated rings. The van der Waals surface area contributed by atoms with Crippen molar-refractivity contribution in [3.8, 4) is 0 Å². The molecule has 2 rings (SSSR count). The summed E-state index contributed by atoms with van der Waals surface area (Å²) >= 11 is 0. The molecule has 0 saturated heterocycles. The molecule has 0 unspecified atom stereocenters. The highest BCUT2D eigenvalue weighted by Crippen LogP contribution is 2.00.